The minimum absolute atomic E-state index is 0.403. The van der Waals surface area contributed by atoms with E-state index in [0.717, 1.165) is 12.3 Å². The van der Waals surface area contributed by atoms with Crippen molar-refractivity contribution in [1.82, 2.24) is 0 Å². The van der Waals surface area contributed by atoms with Gasteiger partial charge in [-0.15, -0.1) is 0 Å². The molecule has 0 aliphatic heterocycles. The first-order valence-corrected chi connectivity index (χ1v) is 4.19. The second-order valence-electron chi connectivity index (χ2n) is 0.989. The van der Waals surface area contributed by atoms with Crippen LogP contribution < -0.4 is 0 Å². The van der Waals surface area contributed by atoms with Gasteiger partial charge in [0.1, 0.15) is 12.5 Å². The molecule has 0 bridgehead atoms. The molecule has 9 heavy (non-hydrogen) atoms. The minimum atomic E-state index is -3.61. The first kappa shape index (κ1) is 8.54. The fourth-order valence-electron chi connectivity index (χ4n) is 0.134. The summed E-state index contributed by atoms with van der Waals surface area (Å²) in [6.45, 7) is 0. The number of carbonyl (C=O) groups is 1. The molecule has 0 saturated carbocycles. The third-order valence-corrected chi connectivity index (χ3v) is 0.924. The molecule has 1 unspecified atom stereocenters. The van der Waals surface area contributed by atoms with Crippen LogP contribution in [0.15, 0.2) is 12.3 Å². The summed E-state index contributed by atoms with van der Waals surface area (Å²) in [6, 6.07) is 0. The molecule has 0 aliphatic carbocycles. The molecule has 4 nitrogen and oxygen atoms in total. The number of aldehydes is 1. The lowest BCUT2D eigenvalue weighted by atomic mass is 10.7. The molecule has 0 aliphatic rings. The largest absolute Gasteiger partial charge is 0.390 e. The van der Waals surface area contributed by atoms with Crippen molar-refractivity contribution in [2.24, 2.45) is 0 Å². The maximum atomic E-state index is 10.0. The molecule has 0 spiro atoms. The highest BCUT2D eigenvalue weighted by Crippen LogP contribution is 1.85. The number of allylic oxidation sites excluding steroid dienone is 1. The van der Waals surface area contributed by atoms with E-state index in [1.165, 1.54) is 0 Å². The smallest absolute Gasteiger partial charge is 0.311 e. The van der Waals surface area contributed by atoms with E-state index < -0.39 is 9.05 Å². The van der Waals surface area contributed by atoms with Crippen molar-refractivity contribution < 1.29 is 17.7 Å². The highest BCUT2D eigenvalue weighted by Gasteiger charge is 1.91. The number of carbonyl (C=O) groups excluding carboxylic acids is 1. The van der Waals surface area contributed by atoms with Crippen LogP contribution in [0, 0.1) is 0 Å². The average molecular weight is 168 g/mol. The first-order valence-electron chi connectivity index (χ1n) is 1.82. The Morgan fingerprint density at radius 2 is 2.22 bits per heavy atom. The van der Waals surface area contributed by atoms with Crippen molar-refractivity contribution in [3.8, 4) is 0 Å². The summed E-state index contributed by atoms with van der Waals surface area (Å²) >= 11 is 3.89. The molecule has 0 aromatic heterocycles. The summed E-state index contributed by atoms with van der Waals surface area (Å²) in [5.41, 5.74) is 0. The summed E-state index contributed by atoms with van der Waals surface area (Å²) in [7, 11) is -3.61. The second-order valence-corrected chi connectivity index (χ2v) is 3.30. The van der Waals surface area contributed by atoms with Crippen LogP contribution in [0.5, 0.6) is 0 Å². The molecule has 0 amide bonds. The van der Waals surface area contributed by atoms with Gasteiger partial charge in [-0.1, -0.05) is 0 Å². The zero-order chi connectivity index (χ0) is 7.33. The molecular weight excluding hydrogens is 164 g/mol. The van der Waals surface area contributed by atoms with Gasteiger partial charge < -0.3 is 4.18 Å². The van der Waals surface area contributed by atoms with E-state index in [4.69, 9.17) is 4.55 Å². The molecule has 6 heteroatoms. The Morgan fingerprint density at radius 1 is 1.67 bits per heavy atom. The quantitative estimate of drug-likeness (QED) is 0.360. The van der Waals surface area contributed by atoms with Crippen molar-refractivity contribution in [2.45, 2.75) is 0 Å². The SMILES string of the molecule is O=CC=COS(=O)(O)=S. The monoisotopic (exact) mass is 168 g/mol. The van der Waals surface area contributed by atoms with Gasteiger partial charge in [-0.05, 0) is 0 Å². The van der Waals surface area contributed by atoms with Gasteiger partial charge in [0, 0.05) is 6.08 Å². The van der Waals surface area contributed by atoms with Crippen LogP contribution in [0.3, 0.4) is 0 Å². The topological polar surface area (TPSA) is 63.6 Å². The van der Waals surface area contributed by atoms with E-state index >= 15 is 0 Å². The molecule has 0 aromatic rings. The van der Waals surface area contributed by atoms with Crippen molar-refractivity contribution in [3.63, 3.8) is 0 Å². The third-order valence-electron chi connectivity index (χ3n) is 0.334. The summed E-state index contributed by atoms with van der Waals surface area (Å²) in [5, 5.41) is 0. The lowest BCUT2D eigenvalue weighted by Crippen LogP contribution is -1.94. The molecule has 0 aromatic carbocycles. The van der Waals surface area contributed by atoms with E-state index in [0.29, 0.717) is 6.29 Å². The molecule has 0 fully saturated rings. The Labute approximate surface area is 57.2 Å². The van der Waals surface area contributed by atoms with Crippen LogP contribution in [0.1, 0.15) is 0 Å². The molecule has 0 radical (unpaired) electrons. The Morgan fingerprint density at radius 3 is 2.56 bits per heavy atom. The van der Waals surface area contributed by atoms with E-state index in [1.54, 1.807) is 0 Å². The van der Waals surface area contributed by atoms with Crippen LogP contribution in [0.2, 0.25) is 0 Å². The predicted octanol–water partition coefficient (Wildman–Crippen LogP) is -0.150. The lowest BCUT2D eigenvalue weighted by molar-refractivity contribution is -0.104. The van der Waals surface area contributed by atoms with Crippen LogP contribution in [0.4, 0.5) is 0 Å². The van der Waals surface area contributed by atoms with E-state index in [9.17, 15) is 9.00 Å². The Balaban J connectivity index is 3.78. The van der Waals surface area contributed by atoms with Crippen LogP contribution >= 0.6 is 0 Å². The van der Waals surface area contributed by atoms with E-state index in [2.05, 4.69) is 15.4 Å². The molecule has 1 N–H and O–H groups in total. The van der Waals surface area contributed by atoms with Crippen LogP contribution in [-0.4, -0.2) is 15.0 Å². The van der Waals surface area contributed by atoms with Crippen LogP contribution in [-0.2, 0) is 29.2 Å². The van der Waals surface area contributed by atoms with Crippen LogP contribution in [0.25, 0.3) is 0 Å². The van der Waals surface area contributed by atoms with Gasteiger partial charge in [-0.2, -0.15) is 4.21 Å². The predicted molar refractivity (Wildman–Crippen MR) is 34.4 cm³/mol. The Kier molecular flexibility index (Phi) is 3.36. The number of hydrogen-bond donors (Lipinski definition) is 1. The van der Waals surface area contributed by atoms with Crippen molar-refractivity contribution >= 4 is 26.5 Å². The van der Waals surface area contributed by atoms with Gasteiger partial charge in [-0.25, -0.2) is 0 Å². The Hall–Kier alpha value is -0.460. The number of rotatable bonds is 3. The van der Waals surface area contributed by atoms with Crippen molar-refractivity contribution in [3.05, 3.63) is 12.3 Å². The molecule has 1 atom stereocenters. The molecular formula is C3H4O4S2. The summed E-state index contributed by atoms with van der Waals surface area (Å²) in [6.07, 6.45) is 2.09. The van der Waals surface area contributed by atoms with Gasteiger partial charge in [-0.3, -0.25) is 9.35 Å². The Bertz CT molecular complexity index is 202. The molecule has 0 saturated heterocycles. The highest BCUT2D eigenvalue weighted by atomic mass is 32.9. The van der Waals surface area contributed by atoms with Gasteiger partial charge in [0.05, 0.1) is 11.2 Å². The number of hydrogen-bond acceptors (Lipinski definition) is 4. The summed E-state index contributed by atoms with van der Waals surface area (Å²) in [5.74, 6) is 0. The summed E-state index contributed by atoms with van der Waals surface area (Å²) < 4.78 is 22.2. The zero-order valence-corrected chi connectivity index (χ0v) is 5.85. The summed E-state index contributed by atoms with van der Waals surface area (Å²) in [4.78, 5) is 9.52. The molecule has 0 rings (SSSR count). The van der Waals surface area contributed by atoms with Crippen molar-refractivity contribution in [1.29, 1.82) is 0 Å². The lowest BCUT2D eigenvalue weighted by Gasteiger charge is -1.92. The van der Waals surface area contributed by atoms with E-state index in [1.807, 2.05) is 0 Å². The first-order chi connectivity index (χ1) is 4.06. The molecule has 0 heterocycles. The average Bonchev–Trinajstić information content (AvgIpc) is 1.63. The second kappa shape index (κ2) is 3.54. The fourth-order valence-corrected chi connectivity index (χ4v) is 0.475. The molecule has 52 valence electrons. The highest BCUT2D eigenvalue weighted by molar-refractivity contribution is 8.27. The van der Waals surface area contributed by atoms with Gasteiger partial charge in [0.2, 0.25) is 0 Å². The normalized spacial score (nSPS) is 17.0. The maximum Gasteiger partial charge on any atom is 0.311 e. The van der Waals surface area contributed by atoms with Gasteiger partial charge in [0.15, 0.2) is 0 Å². The fraction of sp³-hybridized carbons (Fsp3) is 0. The third kappa shape index (κ3) is 7.54. The zero-order valence-electron chi connectivity index (χ0n) is 4.22. The van der Waals surface area contributed by atoms with Gasteiger partial charge in [0.25, 0.3) is 0 Å². The van der Waals surface area contributed by atoms with Crippen molar-refractivity contribution in [2.75, 3.05) is 0 Å². The van der Waals surface area contributed by atoms with Gasteiger partial charge >= 0.3 is 9.05 Å². The maximum absolute atomic E-state index is 10.0. The minimum Gasteiger partial charge on any atom is -0.390 e. The standard InChI is InChI=1S/C3H4O4S2/c4-2-1-3-7-9(5,6)8/h1-3H,(H,5,6,8). The van der Waals surface area contributed by atoms with E-state index in [-0.39, 0.29) is 0 Å².